The van der Waals surface area contributed by atoms with Crippen LogP contribution >= 0.6 is 0 Å². The Hall–Kier alpha value is -4.98. The summed E-state index contributed by atoms with van der Waals surface area (Å²) in [6, 6.07) is 23.6. The molecule has 0 fully saturated rings. The van der Waals surface area contributed by atoms with Gasteiger partial charge in [-0.1, -0.05) is 29.8 Å². The summed E-state index contributed by atoms with van der Waals surface area (Å²) in [6.07, 6.45) is 0. The summed E-state index contributed by atoms with van der Waals surface area (Å²) in [7, 11) is 3.12. The maximum Gasteiger partial charge on any atom is 0.264 e. The molecule has 0 unspecified atom stereocenters. The molecule has 3 N–H and O–H groups in total. The van der Waals surface area contributed by atoms with Crippen molar-refractivity contribution in [3.05, 3.63) is 102 Å². The lowest BCUT2D eigenvalue weighted by Gasteiger charge is -2.25. The Balaban J connectivity index is 1.94. The van der Waals surface area contributed by atoms with Gasteiger partial charge < -0.3 is 24.8 Å². The average Bonchev–Trinajstić information content (AvgIpc) is 2.92. The largest absolute Gasteiger partial charge is 0.504 e. The summed E-state index contributed by atoms with van der Waals surface area (Å²) in [5.74, 6) is -0.993. The monoisotopic (exact) mass is 498 g/mol. The molecule has 4 rings (SSSR count). The molecule has 0 radical (unpaired) electrons. The highest BCUT2D eigenvalue weighted by atomic mass is 16.5. The molecule has 0 aliphatic heterocycles. The first-order valence-electron chi connectivity index (χ1n) is 11.3. The zero-order chi connectivity index (χ0) is 26.5. The fourth-order valence-electron chi connectivity index (χ4n) is 3.65. The molecular weight excluding hydrogens is 472 g/mol. The maximum absolute atomic E-state index is 14.0. The zero-order valence-electron chi connectivity index (χ0n) is 20.5. The first-order valence-corrected chi connectivity index (χ1v) is 11.3. The van der Waals surface area contributed by atoms with Gasteiger partial charge in [-0.25, -0.2) is 4.99 Å². The summed E-state index contributed by atoms with van der Waals surface area (Å²) < 4.78 is 10.5. The number of aliphatic imine (C=N–C) groups is 1. The Kier molecular flexibility index (Phi) is 7.29. The van der Waals surface area contributed by atoms with E-state index in [1.54, 1.807) is 62.8 Å². The molecule has 0 atom stereocenters. The second kappa shape index (κ2) is 10.7. The van der Waals surface area contributed by atoms with Gasteiger partial charge >= 0.3 is 0 Å². The number of carbonyl (C=O) groups is 1. The highest BCUT2D eigenvalue weighted by Crippen LogP contribution is 2.36. The minimum atomic E-state index is -0.710. The van der Waals surface area contributed by atoms with Crippen LogP contribution in [-0.2, 0) is 0 Å². The molecule has 0 aromatic heterocycles. The number of aryl methyl sites for hydroxylation is 1. The van der Waals surface area contributed by atoms with Crippen LogP contribution < -0.4 is 14.4 Å². The molecule has 8 heteroatoms. The van der Waals surface area contributed by atoms with Crippen molar-refractivity contribution in [2.24, 2.45) is 4.99 Å². The number of phenols is 3. The van der Waals surface area contributed by atoms with E-state index in [2.05, 4.69) is 0 Å². The third-order valence-corrected chi connectivity index (χ3v) is 5.68. The van der Waals surface area contributed by atoms with E-state index >= 15 is 0 Å². The fraction of sp³-hybridized carbons (Fsp3) is 0.103. The molecule has 0 aliphatic carbocycles. The van der Waals surface area contributed by atoms with Gasteiger partial charge in [-0.05, 0) is 67.6 Å². The molecule has 1 amide bonds. The van der Waals surface area contributed by atoms with Crippen LogP contribution in [0.15, 0.2) is 89.9 Å². The van der Waals surface area contributed by atoms with E-state index in [-0.39, 0.29) is 5.56 Å². The summed E-state index contributed by atoms with van der Waals surface area (Å²) in [5, 5.41) is 30.0. The van der Waals surface area contributed by atoms with Gasteiger partial charge in [0.25, 0.3) is 5.91 Å². The molecule has 0 spiro atoms. The molecule has 4 aromatic rings. The van der Waals surface area contributed by atoms with E-state index in [0.717, 1.165) is 17.7 Å². The molecule has 188 valence electrons. The van der Waals surface area contributed by atoms with E-state index in [9.17, 15) is 20.1 Å². The van der Waals surface area contributed by atoms with E-state index < -0.39 is 23.2 Å². The van der Waals surface area contributed by atoms with Crippen molar-refractivity contribution in [3.8, 4) is 28.7 Å². The van der Waals surface area contributed by atoms with Crippen LogP contribution in [0.3, 0.4) is 0 Å². The normalized spacial score (nSPS) is 11.2. The van der Waals surface area contributed by atoms with Crippen LogP contribution in [0.1, 0.15) is 21.5 Å². The average molecular weight is 499 g/mol. The van der Waals surface area contributed by atoms with Crippen LogP contribution in [0.4, 0.5) is 11.4 Å². The predicted molar refractivity (Wildman–Crippen MR) is 142 cm³/mol. The maximum atomic E-state index is 14.0. The standard InChI is InChI=1S/C29H26N2O6/c1-18-4-6-19(7-5-18)28(30-21-8-12-23(36-2)13-9-21)31(22-10-14-24(37-3)15-11-22)29(35)20-16-25(32)27(34)26(33)17-20/h4-17,32-34H,1-3H3. The van der Waals surface area contributed by atoms with Crippen molar-refractivity contribution in [1.29, 1.82) is 0 Å². The van der Waals surface area contributed by atoms with Gasteiger partial charge in [-0.3, -0.25) is 9.69 Å². The first-order chi connectivity index (χ1) is 17.8. The Morgan fingerprint density at radius 1 is 0.730 bits per heavy atom. The molecule has 0 saturated heterocycles. The minimum absolute atomic E-state index is 0.0573. The highest BCUT2D eigenvalue weighted by Gasteiger charge is 2.26. The molecular formula is C29H26N2O6. The Labute approximate surface area is 214 Å². The van der Waals surface area contributed by atoms with E-state index in [4.69, 9.17) is 14.5 Å². The van der Waals surface area contributed by atoms with Crippen molar-refractivity contribution in [2.75, 3.05) is 19.1 Å². The number of phenolic OH excluding ortho intramolecular Hbond substituents is 3. The van der Waals surface area contributed by atoms with Crippen LogP contribution in [0, 0.1) is 6.92 Å². The number of nitrogens with zero attached hydrogens (tertiary/aromatic N) is 2. The van der Waals surface area contributed by atoms with Gasteiger partial charge in [-0.15, -0.1) is 0 Å². The lowest BCUT2D eigenvalue weighted by Crippen LogP contribution is -2.37. The zero-order valence-corrected chi connectivity index (χ0v) is 20.5. The van der Waals surface area contributed by atoms with Crippen molar-refractivity contribution >= 4 is 23.1 Å². The number of aromatic hydroxyl groups is 3. The van der Waals surface area contributed by atoms with Gasteiger partial charge in [0, 0.05) is 11.1 Å². The number of ether oxygens (including phenoxy) is 2. The lowest BCUT2D eigenvalue weighted by atomic mass is 10.1. The Bertz CT molecular complexity index is 1410. The van der Waals surface area contributed by atoms with Crippen LogP contribution in [0.25, 0.3) is 0 Å². The summed E-state index contributed by atoms with van der Waals surface area (Å²) >= 11 is 0. The van der Waals surface area contributed by atoms with Gasteiger partial charge in [-0.2, -0.15) is 0 Å². The van der Waals surface area contributed by atoms with Gasteiger partial charge in [0.15, 0.2) is 17.2 Å². The number of carbonyl (C=O) groups excluding carboxylic acids is 1. The van der Waals surface area contributed by atoms with E-state index in [0.29, 0.717) is 34.3 Å². The number of anilines is 1. The number of hydrogen-bond donors (Lipinski definition) is 3. The number of methoxy groups -OCH3 is 2. The predicted octanol–water partition coefficient (Wildman–Crippen LogP) is 5.55. The minimum Gasteiger partial charge on any atom is -0.504 e. The third kappa shape index (κ3) is 5.48. The summed E-state index contributed by atoms with van der Waals surface area (Å²) in [6.45, 7) is 1.96. The smallest absolute Gasteiger partial charge is 0.264 e. The Morgan fingerprint density at radius 2 is 1.24 bits per heavy atom. The van der Waals surface area contributed by atoms with Crippen molar-refractivity contribution in [3.63, 3.8) is 0 Å². The molecule has 37 heavy (non-hydrogen) atoms. The molecule has 4 aromatic carbocycles. The lowest BCUT2D eigenvalue weighted by molar-refractivity contribution is 0.100. The molecule has 8 nitrogen and oxygen atoms in total. The summed E-state index contributed by atoms with van der Waals surface area (Å²) in [4.78, 5) is 20.2. The molecule has 0 bridgehead atoms. The van der Waals surface area contributed by atoms with E-state index in [1.807, 2.05) is 31.2 Å². The SMILES string of the molecule is COc1ccc(N=C(c2ccc(C)cc2)N(C(=O)c2cc(O)c(O)c(O)c2)c2ccc(OC)cc2)cc1. The number of hydrogen-bond acceptors (Lipinski definition) is 7. The highest BCUT2D eigenvalue weighted by molar-refractivity contribution is 6.28. The number of amidine groups is 1. The van der Waals surface area contributed by atoms with Crippen molar-refractivity contribution in [1.82, 2.24) is 0 Å². The fourth-order valence-corrected chi connectivity index (χ4v) is 3.65. The molecule has 0 aliphatic rings. The van der Waals surface area contributed by atoms with Crippen molar-refractivity contribution in [2.45, 2.75) is 6.92 Å². The van der Waals surface area contributed by atoms with Gasteiger partial charge in [0.05, 0.1) is 25.6 Å². The van der Waals surface area contributed by atoms with Crippen molar-refractivity contribution < 1.29 is 29.6 Å². The third-order valence-electron chi connectivity index (χ3n) is 5.68. The second-order valence-electron chi connectivity index (χ2n) is 8.20. The quantitative estimate of drug-likeness (QED) is 0.182. The van der Waals surface area contributed by atoms with Gasteiger partial charge in [0.2, 0.25) is 0 Å². The van der Waals surface area contributed by atoms with Gasteiger partial charge in [0.1, 0.15) is 17.3 Å². The Morgan fingerprint density at radius 3 is 1.76 bits per heavy atom. The van der Waals surface area contributed by atoms with Crippen LogP contribution in [-0.4, -0.2) is 41.3 Å². The topological polar surface area (TPSA) is 112 Å². The number of benzene rings is 4. The summed E-state index contributed by atoms with van der Waals surface area (Å²) in [5.41, 5.74) is 2.66. The van der Waals surface area contributed by atoms with E-state index in [1.165, 1.54) is 4.90 Å². The number of rotatable bonds is 6. The molecule has 0 saturated carbocycles. The van der Waals surface area contributed by atoms with Crippen LogP contribution in [0.2, 0.25) is 0 Å². The van der Waals surface area contributed by atoms with Crippen LogP contribution in [0.5, 0.6) is 28.7 Å². The molecule has 0 heterocycles. The second-order valence-corrected chi connectivity index (χ2v) is 8.20. The number of amides is 1. The first kappa shape index (κ1) is 25.1.